The number of hydrogen-bond acceptors (Lipinski definition) is 2. The molecule has 0 heterocycles. The van der Waals surface area contributed by atoms with Crippen LogP contribution in [-0.2, 0) is 0 Å². The van der Waals surface area contributed by atoms with Crippen molar-refractivity contribution in [2.75, 3.05) is 0 Å². The molecular weight excluding hydrogens is 126 g/mol. The zero-order chi connectivity index (χ0) is 7.98. The van der Waals surface area contributed by atoms with Gasteiger partial charge >= 0.3 is 0 Å². The first-order valence-electron chi connectivity index (χ1n) is 3.89. The van der Waals surface area contributed by atoms with Gasteiger partial charge in [0.15, 0.2) is 0 Å². The van der Waals surface area contributed by atoms with Crippen molar-refractivity contribution >= 4 is 0 Å². The molecule has 0 bridgehead atoms. The maximum Gasteiger partial charge on any atom is 0.0851 e. The molecule has 0 aromatic heterocycles. The summed E-state index contributed by atoms with van der Waals surface area (Å²) in [5, 5.41) is 9.24. The molecule has 0 saturated heterocycles. The van der Waals surface area contributed by atoms with Gasteiger partial charge in [-0.3, -0.25) is 0 Å². The summed E-state index contributed by atoms with van der Waals surface area (Å²) in [6, 6.07) is 0.111. The monoisotopic (exact) mass is 144 g/mol. The molecule has 2 unspecified atom stereocenters. The zero-order valence-corrected chi connectivity index (χ0v) is 6.71. The van der Waals surface area contributed by atoms with Crippen LogP contribution in [0.3, 0.4) is 0 Å². The van der Waals surface area contributed by atoms with Gasteiger partial charge in [-0.25, -0.2) is 0 Å². The van der Waals surface area contributed by atoms with E-state index in [2.05, 4.69) is 6.92 Å². The molecule has 0 amide bonds. The standard InChI is InChI=1S/C8H18NO/c1-3-4-5-8(10)6-7(2)9/h7-8,10H,1,3-6,9H2,2H3/q+1. The second-order valence-electron chi connectivity index (χ2n) is 2.86. The second kappa shape index (κ2) is 5.57. The highest BCUT2D eigenvalue weighted by atomic mass is 16.3. The van der Waals surface area contributed by atoms with Crippen LogP contribution >= 0.6 is 0 Å². The molecule has 0 rings (SSSR count). The minimum atomic E-state index is -0.221. The summed E-state index contributed by atoms with van der Waals surface area (Å²) in [5.74, 6) is 0. The molecule has 0 spiro atoms. The van der Waals surface area contributed by atoms with Gasteiger partial charge in [-0.2, -0.15) is 0 Å². The Morgan fingerprint density at radius 3 is 2.60 bits per heavy atom. The Labute approximate surface area is 63.4 Å². The highest BCUT2D eigenvalue weighted by molar-refractivity contribution is 4.62. The summed E-state index contributed by atoms with van der Waals surface area (Å²) in [7, 11) is 0. The summed E-state index contributed by atoms with van der Waals surface area (Å²) >= 11 is 0. The van der Waals surface area contributed by atoms with Gasteiger partial charge < -0.3 is 10.8 Å². The summed E-state index contributed by atoms with van der Waals surface area (Å²) in [6.45, 7) is 5.60. The van der Waals surface area contributed by atoms with E-state index in [1.54, 1.807) is 0 Å². The van der Waals surface area contributed by atoms with Crippen LogP contribution in [0.5, 0.6) is 0 Å². The van der Waals surface area contributed by atoms with Gasteiger partial charge in [-0.05, 0) is 26.2 Å². The number of nitrogens with two attached hydrogens (primary N) is 1. The first-order valence-corrected chi connectivity index (χ1v) is 3.89. The minimum absolute atomic E-state index is 0.111. The van der Waals surface area contributed by atoms with Crippen LogP contribution in [0.2, 0.25) is 0 Å². The third-order valence-electron chi connectivity index (χ3n) is 1.43. The van der Waals surface area contributed by atoms with Crippen LogP contribution in [0.4, 0.5) is 0 Å². The van der Waals surface area contributed by atoms with E-state index < -0.39 is 0 Å². The first-order chi connectivity index (χ1) is 4.66. The Morgan fingerprint density at radius 1 is 1.60 bits per heavy atom. The molecule has 0 saturated carbocycles. The summed E-state index contributed by atoms with van der Waals surface area (Å²) in [5.41, 5.74) is 5.49. The van der Waals surface area contributed by atoms with Gasteiger partial charge in [0, 0.05) is 6.04 Å². The van der Waals surface area contributed by atoms with Gasteiger partial charge in [0.05, 0.1) is 19.4 Å². The largest absolute Gasteiger partial charge is 0.393 e. The average molecular weight is 144 g/mol. The van der Waals surface area contributed by atoms with Gasteiger partial charge in [0.2, 0.25) is 0 Å². The lowest BCUT2D eigenvalue weighted by Crippen LogP contribution is -2.22. The van der Waals surface area contributed by atoms with Crippen LogP contribution in [0.25, 0.3) is 0 Å². The molecule has 0 aromatic rings. The smallest absolute Gasteiger partial charge is 0.0851 e. The molecule has 0 aliphatic rings. The SMILES string of the molecule is [CH2+]CCCC(O)CC(C)N. The molecule has 0 aromatic carbocycles. The predicted octanol–water partition coefficient (Wildman–Crippen LogP) is 1.09. The van der Waals surface area contributed by atoms with E-state index in [-0.39, 0.29) is 12.1 Å². The Balaban J connectivity index is 3.16. The topological polar surface area (TPSA) is 46.2 Å². The van der Waals surface area contributed by atoms with Crippen molar-refractivity contribution in [1.29, 1.82) is 0 Å². The predicted molar refractivity (Wildman–Crippen MR) is 43.5 cm³/mol. The van der Waals surface area contributed by atoms with Crippen molar-refractivity contribution in [3.05, 3.63) is 6.92 Å². The van der Waals surface area contributed by atoms with Gasteiger partial charge in [0.1, 0.15) is 0 Å². The minimum Gasteiger partial charge on any atom is -0.393 e. The summed E-state index contributed by atoms with van der Waals surface area (Å²) in [6.07, 6.45) is 3.22. The first kappa shape index (κ1) is 9.79. The summed E-state index contributed by atoms with van der Waals surface area (Å²) in [4.78, 5) is 0. The van der Waals surface area contributed by atoms with Crippen molar-refractivity contribution < 1.29 is 5.11 Å². The molecular formula is C8H18NO+. The van der Waals surface area contributed by atoms with Crippen LogP contribution in [-0.4, -0.2) is 17.3 Å². The van der Waals surface area contributed by atoms with Gasteiger partial charge in [0.25, 0.3) is 0 Å². The van der Waals surface area contributed by atoms with E-state index in [1.165, 1.54) is 0 Å². The molecule has 0 aliphatic carbocycles. The van der Waals surface area contributed by atoms with E-state index >= 15 is 0 Å². The van der Waals surface area contributed by atoms with Crippen LogP contribution in [0.1, 0.15) is 32.6 Å². The van der Waals surface area contributed by atoms with E-state index in [1.807, 2.05) is 6.92 Å². The molecule has 0 radical (unpaired) electrons. The number of aliphatic hydroxyl groups excluding tert-OH is 1. The molecule has 10 heavy (non-hydrogen) atoms. The summed E-state index contributed by atoms with van der Waals surface area (Å²) < 4.78 is 0. The van der Waals surface area contributed by atoms with Crippen molar-refractivity contribution in [2.45, 2.75) is 44.8 Å². The Bertz CT molecular complexity index is 73.7. The lowest BCUT2D eigenvalue weighted by molar-refractivity contribution is 0.145. The maximum atomic E-state index is 9.24. The van der Waals surface area contributed by atoms with Gasteiger partial charge in [-0.15, -0.1) is 0 Å². The van der Waals surface area contributed by atoms with Crippen molar-refractivity contribution in [2.24, 2.45) is 5.73 Å². The molecule has 2 heteroatoms. The highest BCUT2D eigenvalue weighted by Crippen LogP contribution is 2.04. The quantitative estimate of drug-likeness (QED) is 0.567. The van der Waals surface area contributed by atoms with Crippen molar-refractivity contribution in [3.63, 3.8) is 0 Å². The molecule has 60 valence electrons. The number of hydrogen-bond donors (Lipinski definition) is 2. The molecule has 2 atom stereocenters. The van der Waals surface area contributed by atoms with Crippen molar-refractivity contribution in [3.8, 4) is 0 Å². The molecule has 2 nitrogen and oxygen atoms in total. The normalized spacial score (nSPS) is 16.7. The third kappa shape index (κ3) is 5.92. The average Bonchev–Trinajstić information content (AvgIpc) is 1.82. The van der Waals surface area contributed by atoms with Crippen molar-refractivity contribution in [1.82, 2.24) is 0 Å². The number of rotatable bonds is 5. The van der Waals surface area contributed by atoms with Crippen LogP contribution in [0.15, 0.2) is 0 Å². The van der Waals surface area contributed by atoms with Crippen LogP contribution < -0.4 is 5.73 Å². The second-order valence-corrected chi connectivity index (χ2v) is 2.86. The Morgan fingerprint density at radius 2 is 2.20 bits per heavy atom. The fourth-order valence-electron chi connectivity index (χ4n) is 0.927. The van der Waals surface area contributed by atoms with E-state index in [0.717, 1.165) is 19.3 Å². The van der Waals surface area contributed by atoms with Gasteiger partial charge in [-0.1, -0.05) is 0 Å². The Kier molecular flexibility index (Phi) is 5.45. The lowest BCUT2D eigenvalue weighted by Gasteiger charge is -2.10. The van der Waals surface area contributed by atoms with E-state index in [0.29, 0.717) is 6.42 Å². The molecule has 0 aliphatic heterocycles. The molecule has 3 N–H and O–H groups in total. The van der Waals surface area contributed by atoms with E-state index in [9.17, 15) is 5.11 Å². The zero-order valence-electron chi connectivity index (χ0n) is 6.71. The highest BCUT2D eigenvalue weighted by Gasteiger charge is 2.05. The van der Waals surface area contributed by atoms with Crippen LogP contribution in [0, 0.1) is 6.92 Å². The Hall–Kier alpha value is -0.210. The maximum absolute atomic E-state index is 9.24. The number of unbranched alkanes of at least 4 members (excludes halogenated alkanes) is 1. The fraction of sp³-hybridized carbons (Fsp3) is 0.875. The van der Waals surface area contributed by atoms with E-state index in [4.69, 9.17) is 5.73 Å². The fourth-order valence-corrected chi connectivity index (χ4v) is 0.927. The third-order valence-corrected chi connectivity index (χ3v) is 1.43. The number of aliphatic hydroxyl groups is 1. The molecule has 0 fully saturated rings. The lowest BCUT2D eigenvalue weighted by atomic mass is 10.1.